The van der Waals surface area contributed by atoms with E-state index < -0.39 is 0 Å². The fourth-order valence-corrected chi connectivity index (χ4v) is 2.21. The van der Waals surface area contributed by atoms with E-state index in [0.29, 0.717) is 6.61 Å². The van der Waals surface area contributed by atoms with Gasteiger partial charge in [-0.2, -0.15) is 0 Å². The maximum atomic E-state index is 12.1. The van der Waals surface area contributed by atoms with E-state index in [1.807, 2.05) is 32.9 Å². The van der Waals surface area contributed by atoms with Crippen LogP contribution in [0.1, 0.15) is 24.5 Å². The van der Waals surface area contributed by atoms with Crippen molar-refractivity contribution in [3.8, 4) is 0 Å². The Kier molecular flexibility index (Phi) is 3.57. The van der Waals surface area contributed by atoms with Gasteiger partial charge in [0.05, 0.1) is 18.6 Å². The third-order valence-corrected chi connectivity index (χ3v) is 3.44. The molecule has 4 nitrogen and oxygen atoms in total. The average molecular weight is 248 g/mol. The monoisotopic (exact) mass is 248 g/mol. The Hall–Kier alpha value is -1.55. The molecule has 0 aromatic heterocycles. The molecule has 4 heteroatoms. The molecule has 0 spiro atoms. The lowest BCUT2D eigenvalue weighted by Gasteiger charge is -2.13. The highest BCUT2D eigenvalue weighted by atomic mass is 16.5. The predicted molar refractivity (Wildman–Crippen MR) is 72.5 cm³/mol. The molecule has 1 aromatic carbocycles. The highest BCUT2D eigenvalue weighted by molar-refractivity contribution is 5.94. The van der Waals surface area contributed by atoms with Crippen LogP contribution in [0.3, 0.4) is 0 Å². The van der Waals surface area contributed by atoms with Crippen molar-refractivity contribution in [2.75, 3.05) is 17.7 Å². The van der Waals surface area contributed by atoms with Crippen LogP contribution in [-0.4, -0.2) is 18.6 Å². The predicted octanol–water partition coefficient (Wildman–Crippen LogP) is 2.25. The normalized spacial score (nSPS) is 23.1. The van der Waals surface area contributed by atoms with Gasteiger partial charge in [0, 0.05) is 11.4 Å². The summed E-state index contributed by atoms with van der Waals surface area (Å²) in [6, 6.07) is 3.81. The molecule has 18 heavy (non-hydrogen) atoms. The summed E-state index contributed by atoms with van der Waals surface area (Å²) in [7, 11) is 0. The fourth-order valence-electron chi connectivity index (χ4n) is 2.21. The zero-order valence-corrected chi connectivity index (χ0v) is 11.1. The highest BCUT2D eigenvalue weighted by Gasteiger charge is 2.28. The van der Waals surface area contributed by atoms with Crippen molar-refractivity contribution in [1.29, 1.82) is 0 Å². The fraction of sp³-hybridized carbons (Fsp3) is 0.500. The molecule has 1 aliphatic heterocycles. The zero-order valence-electron chi connectivity index (χ0n) is 11.1. The molecule has 2 unspecified atom stereocenters. The first-order chi connectivity index (χ1) is 8.47. The number of carbonyl (C=O) groups excluding carboxylic acids is 1. The Morgan fingerprint density at radius 2 is 2.11 bits per heavy atom. The quantitative estimate of drug-likeness (QED) is 0.789. The van der Waals surface area contributed by atoms with Crippen LogP contribution in [0.15, 0.2) is 12.1 Å². The first-order valence-corrected chi connectivity index (χ1v) is 6.26. The average Bonchev–Trinajstić information content (AvgIpc) is 2.73. The van der Waals surface area contributed by atoms with Gasteiger partial charge in [-0.3, -0.25) is 4.79 Å². The first kappa shape index (κ1) is 12.9. The zero-order chi connectivity index (χ0) is 13.3. The summed E-state index contributed by atoms with van der Waals surface area (Å²) < 4.78 is 5.42. The topological polar surface area (TPSA) is 64.3 Å². The second-order valence-electron chi connectivity index (χ2n) is 5.09. The highest BCUT2D eigenvalue weighted by Crippen LogP contribution is 2.25. The number of nitrogens with one attached hydrogen (secondary N) is 1. The third kappa shape index (κ3) is 2.64. The number of amides is 1. The smallest absolute Gasteiger partial charge is 0.229 e. The minimum atomic E-state index is -0.0442. The van der Waals surface area contributed by atoms with Crippen molar-refractivity contribution in [3.05, 3.63) is 23.3 Å². The molecule has 1 heterocycles. The van der Waals surface area contributed by atoms with Crippen LogP contribution in [0.25, 0.3) is 0 Å². The van der Waals surface area contributed by atoms with E-state index in [9.17, 15) is 4.79 Å². The van der Waals surface area contributed by atoms with Gasteiger partial charge in [-0.1, -0.05) is 0 Å². The number of nitrogen functional groups attached to an aromatic ring is 1. The van der Waals surface area contributed by atoms with Crippen LogP contribution in [-0.2, 0) is 9.53 Å². The van der Waals surface area contributed by atoms with Crippen LogP contribution < -0.4 is 11.1 Å². The number of carbonyl (C=O) groups is 1. The van der Waals surface area contributed by atoms with Crippen molar-refractivity contribution in [2.45, 2.75) is 33.3 Å². The van der Waals surface area contributed by atoms with E-state index in [1.165, 1.54) is 0 Å². The van der Waals surface area contributed by atoms with Crippen molar-refractivity contribution in [2.24, 2.45) is 5.92 Å². The number of nitrogens with two attached hydrogens (primary N) is 1. The lowest BCUT2D eigenvalue weighted by molar-refractivity contribution is -0.119. The molecular weight excluding hydrogens is 228 g/mol. The van der Waals surface area contributed by atoms with Gasteiger partial charge in [0.2, 0.25) is 5.91 Å². The minimum Gasteiger partial charge on any atom is -0.399 e. The Labute approximate surface area is 108 Å². The van der Waals surface area contributed by atoms with Crippen molar-refractivity contribution in [1.82, 2.24) is 0 Å². The Bertz CT molecular complexity index is 471. The number of hydrogen-bond donors (Lipinski definition) is 2. The SMILES string of the molecule is Cc1cc(NC(=O)C2COC(C)C2)c(C)cc1N. The molecule has 1 amide bonds. The molecule has 2 atom stereocenters. The number of ether oxygens (including phenoxy) is 1. The summed E-state index contributed by atoms with van der Waals surface area (Å²) in [6.07, 6.45) is 0.966. The van der Waals surface area contributed by atoms with E-state index >= 15 is 0 Å². The van der Waals surface area contributed by atoms with Crippen LogP contribution in [0, 0.1) is 19.8 Å². The summed E-state index contributed by atoms with van der Waals surface area (Å²) in [4.78, 5) is 12.1. The molecule has 0 radical (unpaired) electrons. The Morgan fingerprint density at radius 1 is 1.39 bits per heavy atom. The van der Waals surface area contributed by atoms with E-state index in [2.05, 4.69) is 5.32 Å². The third-order valence-electron chi connectivity index (χ3n) is 3.44. The Morgan fingerprint density at radius 3 is 2.72 bits per heavy atom. The van der Waals surface area contributed by atoms with E-state index in [4.69, 9.17) is 10.5 Å². The number of hydrogen-bond acceptors (Lipinski definition) is 3. The van der Waals surface area contributed by atoms with Gasteiger partial charge in [-0.15, -0.1) is 0 Å². The molecule has 1 fully saturated rings. The minimum absolute atomic E-state index is 0.0339. The summed E-state index contributed by atoms with van der Waals surface area (Å²) >= 11 is 0. The first-order valence-electron chi connectivity index (χ1n) is 6.26. The standard InChI is InChI=1S/C14H20N2O2/c1-8-5-13(9(2)4-12(8)15)16-14(17)11-6-10(3)18-7-11/h4-5,10-11H,6-7,15H2,1-3H3,(H,16,17). The number of rotatable bonds is 2. The van der Waals surface area contributed by atoms with Crippen LogP contribution in [0.2, 0.25) is 0 Å². The van der Waals surface area contributed by atoms with Gasteiger partial charge in [0.1, 0.15) is 0 Å². The molecule has 0 aliphatic carbocycles. The second-order valence-corrected chi connectivity index (χ2v) is 5.09. The summed E-state index contributed by atoms with van der Waals surface area (Å²) in [5.41, 5.74) is 9.38. The van der Waals surface area contributed by atoms with Crippen LogP contribution in [0.4, 0.5) is 11.4 Å². The molecule has 0 saturated carbocycles. The van der Waals surface area contributed by atoms with Gasteiger partial charge in [-0.25, -0.2) is 0 Å². The number of anilines is 2. The van der Waals surface area contributed by atoms with E-state index in [1.54, 1.807) is 0 Å². The van der Waals surface area contributed by atoms with Gasteiger partial charge in [-0.05, 0) is 50.5 Å². The van der Waals surface area contributed by atoms with Crippen molar-refractivity contribution in [3.63, 3.8) is 0 Å². The van der Waals surface area contributed by atoms with Crippen LogP contribution >= 0.6 is 0 Å². The molecule has 98 valence electrons. The van der Waals surface area contributed by atoms with Gasteiger partial charge >= 0.3 is 0 Å². The van der Waals surface area contributed by atoms with Gasteiger partial charge in [0.25, 0.3) is 0 Å². The molecule has 2 rings (SSSR count). The summed E-state index contributed by atoms with van der Waals surface area (Å²) in [5.74, 6) is -0.0103. The maximum absolute atomic E-state index is 12.1. The summed E-state index contributed by atoms with van der Waals surface area (Å²) in [5, 5.41) is 2.97. The van der Waals surface area contributed by atoms with Crippen molar-refractivity contribution < 1.29 is 9.53 Å². The molecule has 1 aromatic rings. The number of benzene rings is 1. The summed E-state index contributed by atoms with van der Waals surface area (Å²) in [6.45, 7) is 6.39. The lowest BCUT2D eigenvalue weighted by atomic mass is 10.0. The van der Waals surface area contributed by atoms with Crippen LogP contribution in [0.5, 0.6) is 0 Å². The molecule has 3 N–H and O–H groups in total. The second kappa shape index (κ2) is 4.98. The van der Waals surface area contributed by atoms with E-state index in [0.717, 1.165) is 28.9 Å². The maximum Gasteiger partial charge on any atom is 0.229 e. The molecule has 1 aliphatic rings. The van der Waals surface area contributed by atoms with E-state index in [-0.39, 0.29) is 17.9 Å². The van der Waals surface area contributed by atoms with Crippen molar-refractivity contribution >= 4 is 17.3 Å². The van der Waals surface area contributed by atoms with Gasteiger partial charge in [0.15, 0.2) is 0 Å². The Balaban J connectivity index is 2.09. The molecule has 0 bridgehead atoms. The number of aryl methyl sites for hydroxylation is 2. The largest absolute Gasteiger partial charge is 0.399 e. The molecular formula is C14H20N2O2. The lowest BCUT2D eigenvalue weighted by Crippen LogP contribution is -2.23. The molecule has 1 saturated heterocycles. The van der Waals surface area contributed by atoms with Gasteiger partial charge < -0.3 is 15.8 Å².